The minimum absolute atomic E-state index is 0.817. The van der Waals surface area contributed by atoms with E-state index in [1.807, 2.05) is 45.6 Å². The van der Waals surface area contributed by atoms with Crippen molar-refractivity contribution in [3.8, 4) is 22.4 Å². The van der Waals surface area contributed by atoms with Crippen molar-refractivity contribution in [3.63, 3.8) is 0 Å². The fourth-order valence-electron chi connectivity index (χ4n) is 3.85. The summed E-state index contributed by atoms with van der Waals surface area (Å²) in [6, 6.07) is 21.2. The van der Waals surface area contributed by atoms with Crippen LogP contribution in [0, 0.1) is 6.92 Å². The lowest BCUT2D eigenvalue weighted by Gasteiger charge is -2.08. The van der Waals surface area contributed by atoms with Crippen LogP contribution in [0.4, 0.5) is 5.69 Å². The summed E-state index contributed by atoms with van der Waals surface area (Å²) in [6.45, 7) is 13.0. The van der Waals surface area contributed by atoms with Gasteiger partial charge >= 0.3 is 0 Å². The SMILES string of the molecule is CC.CC.CCn1cc(-c2ccnc3c2ccn3Sc2ccc(C)cc2)c(-c2cccc(NC)c2)n1. The van der Waals surface area contributed by atoms with Crippen LogP contribution in [-0.4, -0.2) is 25.8 Å². The maximum absolute atomic E-state index is 4.90. The Bertz CT molecular complexity index is 1380. The zero-order valence-corrected chi connectivity index (χ0v) is 23.2. The minimum atomic E-state index is 0.817. The van der Waals surface area contributed by atoms with Gasteiger partial charge in [0.1, 0.15) is 5.69 Å². The third-order valence-corrected chi connectivity index (χ3v) is 6.55. The number of aromatic nitrogens is 4. The van der Waals surface area contributed by atoms with E-state index in [9.17, 15) is 0 Å². The van der Waals surface area contributed by atoms with Gasteiger partial charge < -0.3 is 5.32 Å². The summed E-state index contributed by atoms with van der Waals surface area (Å²) in [5.41, 5.74) is 7.61. The molecule has 0 aliphatic rings. The molecule has 3 aromatic heterocycles. The van der Waals surface area contributed by atoms with Gasteiger partial charge in [-0.1, -0.05) is 57.5 Å². The van der Waals surface area contributed by atoms with Gasteiger partial charge in [-0.15, -0.1) is 0 Å². The first-order valence-electron chi connectivity index (χ1n) is 12.7. The molecule has 0 aliphatic carbocycles. The van der Waals surface area contributed by atoms with Crippen LogP contribution in [0.15, 0.2) is 84.1 Å². The van der Waals surface area contributed by atoms with Crippen molar-refractivity contribution in [1.82, 2.24) is 18.7 Å². The predicted molar refractivity (Wildman–Crippen MR) is 157 cm³/mol. The molecule has 0 bridgehead atoms. The first-order valence-corrected chi connectivity index (χ1v) is 13.5. The van der Waals surface area contributed by atoms with Crippen molar-refractivity contribution in [2.24, 2.45) is 0 Å². The zero-order valence-electron chi connectivity index (χ0n) is 22.4. The molecule has 188 valence electrons. The standard InChI is InChI=1S/C26H25N5S.2C2H6/c1-4-30-17-24(25(29-30)19-6-5-7-20(16-19)27-3)22-12-14-28-26-23(22)13-15-31(26)32-21-10-8-18(2)9-11-21;2*1-2/h5-17,27H,4H2,1-3H3;2*1-2H3. The number of nitrogens with one attached hydrogen (secondary N) is 1. The molecular weight excluding hydrogens is 462 g/mol. The Morgan fingerprint density at radius 2 is 1.67 bits per heavy atom. The zero-order chi connectivity index (χ0) is 26.1. The predicted octanol–water partition coefficient (Wildman–Crippen LogP) is 8.54. The van der Waals surface area contributed by atoms with Crippen LogP contribution >= 0.6 is 11.9 Å². The van der Waals surface area contributed by atoms with Gasteiger partial charge in [0.05, 0.1) is 0 Å². The van der Waals surface area contributed by atoms with Crippen LogP contribution in [0.25, 0.3) is 33.4 Å². The van der Waals surface area contributed by atoms with Crippen LogP contribution in [0.3, 0.4) is 0 Å². The molecular formula is C30H37N5S. The average molecular weight is 500 g/mol. The van der Waals surface area contributed by atoms with Gasteiger partial charge in [0.25, 0.3) is 0 Å². The lowest BCUT2D eigenvalue weighted by molar-refractivity contribution is 0.662. The molecule has 0 fully saturated rings. The van der Waals surface area contributed by atoms with E-state index in [0.29, 0.717) is 0 Å². The largest absolute Gasteiger partial charge is 0.388 e. The second-order valence-electron chi connectivity index (χ2n) is 7.72. The van der Waals surface area contributed by atoms with E-state index in [1.165, 1.54) is 10.5 Å². The highest BCUT2D eigenvalue weighted by atomic mass is 32.2. The second-order valence-corrected chi connectivity index (χ2v) is 8.77. The highest BCUT2D eigenvalue weighted by molar-refractivity contribution is 7.98. The Hall–Kier alpha value is -3.51. The molecule has 5 rings (SSSR count). The Morgan fingerprint density at radius 3 is 2.36 bits per heavy atom. The summed E-state index contributed by atoms with van der Waals surface area (Å²) in [5.74, 6) is 0. The molecule has 0 aliphatic heterocycles. The maximum atomic E-state index is 4.90. The van der Waals surface area contributed by atoms with E-state index < -0.39 is 0 Å². The second kappa shape index (κ2) is 13.0. The highest BCUT2D eigenvalue weighted by Crippen LogP contribution is 2.37. The van der Waals surface area contributed by atoms with Gasteiger partial charge in [0.15, 0.2) is 5.65 Å². The van der Waals surface area contributed by atoms with Gasteiger partial charge in [-0.3, -0.25) is 8.65 Å². The molecule has 0 spiro atoms. The molecule has 6 heteroatoms. The first-order chi connectivity index (χ1) is 17.7. The minimum Gasteiger partial charge on any atom is -0.388 e. The Kier molecular flexibility index (Phi) is 9.77. The van der Waals surface area contributed by atoms with Crippen LogP contribution < -0.4 is 5.32 Å². The van der Waals surface area contributed by atoms with E-state index in [0.717, 1.165) is 45.6 Å². The molecule has 5 nitrogen and oxygen atoms in total. The summed E-state index contributed by atoms with van der Waals surface area (Å²) in [4.78, 5) is 5.89. The summed E-state index contributed by atoms with van der Waals surface area (Å²) >= 11 is 1.68. The molecule has 0 unspecified atom stereocenters. The van der Waals surface area contributed by atoms with Gasteiger partial charge in [-0.25, -0.2) is 4.98 Å². The van der Waals surface area contributed by atoms with Crippen molar-refractivity contribution in [2.75, 3.05) is 12.4 Å². The molecule has 3 heterocycles. The third kappa shape index (κ3) is 5.82. The molecule has 1 N–H and O–H groups in total. The Morgan fingerprint density at radius 1 is 0.917 bits per heavy atom. The Balaban J connectivity index is 0.000000861. The van der Waals surface area contributed by atoms with Crippen LogP contribution in [0.5, 0.6) is 0 Å². The fraction of sp³-hybridized carbons (Fsp3) is 0.267. The fourth-order valence-corrected chi connectivity index (χ4v) is 4.69. The topological polar surface area (TPSA) is 47.7 Å². The molecule has 0 amide bonds. The van der Waals surface area contributed by atoms with E-state index in [2.05, 4.69) is 96.2 Å². The smallest absolute Gasteiger partial charge is 0.150 e. The number of anilines is 1. The van der Waals surface area contributed by atoms with Gasteiger partial charge in [-0.2, -0.15) is 5.10 Å². The summed E-state index contributed by atoms with van der Waals surface area (Å²) in [7, 11) is 1.94. The number of benzene rings is 2. The molecule has 36 heavy (non-hydrogen) atoms. The van der Waals surface area contributed by atoms with Gasteiger partial charge in [0, 0.05) is 59.3 Å². The lowest BCUT2D eigenvalue weighted by Crippen LogP contribution is -1.94. The highest BCUT2D eigenvalue weighted by Gasteiger charge is 2.17. The lowest BCUT2D eigenvalue weighted by atomic mass is 10.00. The number of hydrogen-bond donors (Lipinski definition) is 1. The number of rotatable bonds is 6. The van der Waals surface area contributed by atoms with E-state index >= 15 is 0 Å². The van der Waals surface area contributed by atoms with E-state index in [-0.39, 0.29) is 0 Å². The third-order valence-electron chi connectivity index (χ3n) is 5.58. The monoisotopic (exact) mass is 499 g/mol. The van der Waals surface area contributed by atoms with Crippen molar-refractivity contribution >= 4 is 28.7 Å². The molecule has 0 atom stereocenters. The maximum Gasteiger partial charge on any atom is 0.150 e. The molecule has 0 radical (unpaired) electrons. The number of hydrogen-bond acceptors (Lipinski definition) is 4. The van der Waals surface area contributed by atoms with Gasteiger partial charge in [0.2, 0.25) is 0 Å². The summed E-state index contributed by atoms with van der Waals surface area (Å²) < 4.78 is 4.13. The normalized spacial score (nSPS) is 10.3. The van der Waals surface area contributed by atoms with E-state index in [4.69, 9.17) is 10.1 Å². The summed E-state index contributed by atoms with van der Waals surface area (Å²) in [5, 5.41) is 9.24. The van der Waals surface area contributed by atoms with Crippen molar-refractivity contribution in [3.05, 3.63) is 84.8 Å². The number of fused-ring (bicyclic) bond motifs is 1. The van der Waals surface area contributed by atoms with Crippen LogP contribution in [0.1, 0.15) is 40.2 Å². The quantitative estimate of drug-likeness (QED) is 0.254. The molecule has 0 saturated carbocycles. The van der Waals surface area contributed by atoms with Crippen LogP contribution in [0.2, 0.25) is 0 Å². The average Bonchev–Trinajstić information content (AvgIpc) is 3.57. The number of nitrogens with zero attached hydrogens (tertiary/aromatic N) is 4. The number of pyridine rings is 1. The molecule has 2 aromatic carbocycles. The molecule has 5 aromatic rings. The molecule has 0 saturated heterocycles. The van der Waals surface area contributed by atoms with Crippen molar-refractivity contribution in [2.45, 2.75) is 53.0 Å². The van der Waals surface area contributed by atoms with E-state index in [1.54, 1.807) is 11.9 Å². The van der Waals surface area contributed by atoms with Crippen molar-refractivity contribution in [1.29, 1.82) is 0 Å². The van der Waals surface area contributed by atoms with Crippen LogP contribution in [-0.2, 0) is 6.54 Å². The summed E-state index contributed by atoms with van der Waals surface area (Å²) in [6.07, 6.45) is 6.12. The Labute approximate surface area is 219 Å². The first kappa shape index (κ1) is 27.1. The van der Waals surface area contributed by atoms with Gasteiger partial charge in [-0.05, 0) is 67.8 Å². The number of aryl methyl sites for hydroxylation is 2. The van der Waals surface area contributed by atoms with Crippen molar-refractivity contribution < 1.29 is 0 Å².